The Kier molecular flexibility index (Phi) is 64.9. The lowest BCUT2D eigenvalue weighted by atomic mass is 9.99. The zero-order valence-corrected chi connectivity index (χ0v) is 61.5. The molecule has 0 amide bonds. The molecular weight excluding hydrogens is 1210 g/mol. The smallest absolute Gasteiger partial charge is 0.462 e. The van der Waals surface area contributed by atoms with E-state index in [0.717, 1.165) is 95.8 Å². The highest BCUT2D eigenvalue weighted by Crippen LogP contribution is 2.45. The van der Waals surface area contributed by atoms with Crippen LogP contribution in [0, 0.1) is 5.92 Å². The number of carbonyl (C=O) groups is 4. The summed E-state index contributed by atoms with van der Waals surface area (Å²) in [4.78, 5) is 72.7. The molecule has 0 heterocycles. The molecule has 17 nitrogen and oxygen atoms in total. The van der Waals surface area contributed by atoms with Crippen molar-refractivity contribution in [2.75, 3.05) is 39.6 Å². The van der Waals surface area contributed by atoms with Crippen LogP contribution in [0.4, 0.5) is 0 Å². The second kappa shape index (κ2) is 66.3. The Bertz CT molecular complexity index is 1770. The minimum atomic E-state index is -4.95. The van der Waals surface area contributed by atoms with Crippen molar-refractivity contribution in [2.24, 2.45) is 5.92 Å². The van der Waals surface area contributed by atoms with E-state index in [-0.39, 0.29) is 25.7 Å². The van der Waals surface area contributed by atoms with Crippen LogP contribution in [0.5, 0.6) is 0 Å². The molecule has 3 N–H and O–H groups in total. The summed E-state index contributed by atoms with van der Waals surface area (Å²) in [5.74, 6) is -1.35. The van der Waals surface area contributed by atoms with Crippen LogP contribution in [0.1, 0.15) is 381 Å². The Morgan fingerprint density at radius 2 is 0.522 bits per heavy atom. The van der Waals surface area contributed by atoms with Crippen LogP contribution < -0.4 is 0 Å². The van der Waals surface area contributed by atoms with Crippen LogP contribution in [-0.4, -0.2) is 96.7 Å². The summed E-state index contributed by atoms with van der Waals surface area (Å²) < 4.78 is 68.4. The molecule has 0 aliphatic carbocycles. The van der Waals surface area contributed by atoms with Gasteiger partial charge in [0, 0.05) is 25.7 Å². The average molecular weight is 1350 g/mol. The number of phosphoric ester groups is 2. The summed E-state index contributed by atoms with van der Waals surface area (Å²) in [6, 6.07) is 0. The molecule has 546 valence electrons. The van der Waals surface area contributed by atoms with Gasteiger partial charge in [-0.15, -0.1) is 0 Å². The molecule has 0 fully saturated rings. The van der Waals surface area contributed by atoms with Crippen molar-refractivity contribution in [1.82, 2.24) is 0 Å². The molecular formula is C73H142O17P2. The fraction of sp³-hybridized carbons (Fsp3) is 0.945. The number of phosphoric acid groups is 2. The normalized spacial score (nSPS) is 14.3. The maximum atomic E-state index is 13.1. The molecule has 0 radical (unpaired) electrons. The summed E-state index contributed by atoms with van der Waals surface area (Å²) in [5, 5.41) is 10.6. The lowest BCUT2D eigenvalue weighted by molar-refractivity contribution is -0.161. The third-order valence-electron chi connectivity index (χ3n) is 17.4. The van der Waals surface area contributed by atoms with Gasteiger partial charge in [-0.2, -0.15) is 0 Å². The fourth-order valence-corrected chi connectivity index (χ4v) is 12.7. The van der Waals surface area contributed by atoms with Crippen molar-refractivity contribution in [3.8, 4) is 0 Å². The van der Waals surface area contributed by atoms with Crippen molar-refractivity contribution < 1.29 is 80.2 Å². The number of hydrogen-bond donors (Lipinski definition) is 3. The van der Waals surface area contributed by atoms with Crippen LogP contribution in [0.3, 0.4) is 0 Å². The highest BCUT2D eigenvalue weighted by atomic mass is 31.2. The Morgan fingerprint density at radius 1 is 0.304 bits per heavy atom. The van der Waals surface area contributed by atoms with E-state index in [2.05, 4.69) is 34.6 Å². The second-order valence-electron chi connectivity index (χ2n) is 26.6. The topological polar surface area (TPSA) is 237 Å². The predicted octanol–water partition coefficient (Wildman–Crippen LogP) is 21.3. The molecule has 0 aliphatic heterocycles. The molecule has 0 saturated carbocycles. The molecule has 0 aromatic heterocycles. The Hall–Kier alpha value is -1.94. The van der Waals surface area contributed by atoms with Gasteiger partial charge in [0.1, 0.15) is 19.3 Å². The van der Waals surface area contributed by atoms with Gasteiger partial charge in [0.15, 0.2) is 12.2 Å². The zero-order chi connectivity index (χ0) is 67.7. The van der Waals surface area contributed by atoms with E-state index in [1.54, 1.807) is 0 Å². The minimum Gasteiger partial charge on any atom is -0.462 e. The van der Waals surface area contributed by atoms with Gasteiger partial charge in [0.05, 0.1) is 26.4 Å². The van der Waals surface area contributed by atoms with E-state index in [9.17, 15) is 43.2 Å². The van der Waals surface area contributed by atoms with Crippen LogP contribution in [0.15, 0.2) is 0 Å². The van der Waals surface area contributed by atoms with Crippen LogP contribution in [0.25, 0.3) is 0 Å². The van der Waals surface area contributed by atoms with Gasteiger partial charge >= 0.3 is 39.5 Å². The summed E-state index contributed by atoms with van der Waals surface area (Å²) in [5.41, 5.74) is 0. The van der Waals surface area contributed by atoms with Gasteiger partial charge in [0.25, 0.3) is 0 Å². The summed E-state index contributed by atoms with van der Waals surface area (Å²) in [6.07, 6.45) is 53.9. The summed E-state index contributed by atoms with van der Waals surface area (Å²) in [7, 11) is -9.90. The van der Waals surface area contributed by atoms with Gasteiger partial charge in [-0.25, -0.2) is 9.13 Å². The number of unbranched alkanes of at least 4 members (excludes halogenated alkanes) is 44. The van der Waals surface area contributed by atoms with Crippen LogP contribution in [-0.2, 0) is 65.4 Å². The van der Waals surface area contributed by atoms with Crippen molar-refractivity contribution in [1.29, 1.82) is 0 Å². The number of aliphatic hydroxyl groups is 1. The van der Waals surface area contributed by atoms with Gasteiger partial charge < -0.3 is 33.8 Å². The molecule has 0 bridgehead atoms. The van der Waals surface area contributed by atoms with Crippen molar-refractivity contribution in [3.63, 3.8) is 0 Å². The number of carbonyl (C=O) groups excluding carboxylic acids is 4. The first-order valence-corrected chi connectivity index (χ1v) is 41.2. The molecule has 0 aromatic rings. The second-order valence-corrected chi connectivity index (χ2v) is 29.5. The summed E-state index contributed by atoms with van der Waals surface area (Å²) >= 11 is 0. The Balaban J connectivity index is 5.24. The molecule has 0 aliphatic rings. The molecule has 92 heavy (non-hydrogen) atoms. The maximum absolute atomic E-state index is 13.1. The SMILES string of the molecule is CCCCCCCCCCCCCCCCCCCC(=O)O[C@H](COC(=O)CCCCCCCCCCCCCCC)COP(=O)(O)OC[C@@H](O)COP(=O)(O)OC[C@@H](COC(=O)CCCCCCCCCCCC)OC(=O)CCCCCCCCCCC(C)CC. The minimum absolute atomic E-state index is 0.105. The van der Waals surface area contributed by atoms with E-state index >= 15 is 0 Å². The fourth-order valence-electron chi connectivity index (χ4n) is 11.1. The highest BCUT2D eigenvalue weighted by molar-refractivity contribution is 7.47. The van der Waals surface area contributed by atoms with Crippen LogP contribution >= 0.6 is 15.6 Å². The van der Waals surface area contributed by atoms with Crippen molar-refractivity contribution >= 4 is 39.5 Å². The molecule has 3 unspecified atom stereocenters. The van der Waals surface area contributed by atoms with Crippen LogP contribution in [0.2, 0.25) is 0 Å². The molecule has 0 saturated heterocycles. The molecule has 19 heteroatoms. The number of ether oxygens (including phenoxy) is 4. The average Bonchev–Trinajstić information content (AvgIpc) is 2.91. The maximum Gasteiger partial charge on any atom is 0.472 e. The lowest BCUT2D eigenvalue weighted by Gasteiger charge is -2.21. The molecule has 0 rings (SSSR count). The number of hydrogen-bond acceptors (Lipinski definition) is 15. The quantitative estimate of drug-likeness (QED) is 0.0222. The Morgan fingerprint density at radius 3 is 0.772 bits per heavy atom. The van der Waals surface area contributed by atoms with E-state index < -0.39 is 97.5 Å². The predicted molar refractivity (Wildman–Crippen MR) is 372 cm³/mol. The number of aliphatic hydroxyl groups excluding tert-OH is 1. The number of esters is 4. The van der Waals surface area contributed by atoms with Gasteiger partial charge in [0.2, 0.25) is 0 Å². The van der Waals surface area contributed by atoms with E-state index in [1.165, 1.54) is 205 Å². The Labute approximate surface area is 562 Å². The van der Waals surface area contributed by atoms with E-state index in [1.807, 2.05) is 0 Å². The lowest BCUT2D eigenvalue weighted by Crippen LogP contribution is -2.30. The summed E-state index contributed by atoms with van der Waals surface area (Å²) in [6.45, 7) is 7.26. The first kappa shape index (κ1) is 90.1. The first-order valence-electron chi connectivity index (χ1n) is 38.2. The third kappa shape index (κ3) is 65.4. The number of rotatable bonds is 73. The van der Waals surface area contributed by atoms with Crippen molar-refractivity contribution in [2.45, 2.75) is 400 Å². The molecule has 6 atom stereocenters. The van der Waals surface area contributed by atoms with Gasteiger partial charge in [-0.3, -0.25) is 37.3 Å². The monoisotopic (exact) mass is 1350 g/mol. The molecule has 0 aromatic carbocycles. The largest absolute Gasteiger partial charge is 0.472 e. The first-order chi connectivity index (χ1) is 44.6. The standard InChI is InChI=1S/C73H142O17P2/c1-6-10-13-16-19-22-25-27-28-29-30-32-34-37-43-48-53-58-72(77)89-68(62-84-71(76)57-52-47-42-36-33-31-26-23-20-17-14-11-7-2)64-87-91(79,80)85-60-67(74)61-86-92(81,82)88-65-69(63-83-70(75)56-51-46-41-35-24-21-18-15-12-8-3)90-73(78)59-54-49-44-39-38-40-45-50-55-66(5)9-4/h66-69,74H,6-65H2,1-5H3,(H,79,80)(H,81,82)/t66?,67-,68-,69-/m1/s1. The highest BCUT2D eigenvalue weighted by Gasteiger charge is 2.30. The van der Waals surface area contributed by atoms with Gasteiger partial charge in [-0.05, 0) is 31.6 Å². The zero-order valence-electron chi connectivity index (χ0n) is 59.7. The van der Waals surface area contributed by atoms with E-state index in [4.69, 9.17) is 37.0 Å². The molecule has 0 spiro atoms. The van der Waals surface area contributed by atoms with Crippen molar-refractivity contribution in [3.05, 3.63) is 0 Å². The van der Waals surface area contributed by atoms with E-state index in [0.29, 0.717) is 25.7 Å². The third-order valence-corrected chi connectivity index (χ3v) is 19.3. The van der Waals surface area contributed by atoms with Gasteiger partial charge in [-0.1, -0.05) is 330 Å².